The predicted molar refractivity (Wildman–Crippen MR) is 416 cm³/mol. The van der Waals surface area contributed by atoms with Crippen LogP contribution in [0.3, 0.4) is 0 Å². The first-order chi connectivity index (χ1) is 47.0. The zero-order chi connectivity index (χ0) is 69.7. The Morgan fingerprint density at radius 1 is 0.333 bits per heavy atom. The number of carbonyl (C=O) groups is 2. The first kappa shape index (κ1) is 92.9. The van der Waals surface area contributed by atoms with Crippen LogP contribution in [0.5, 0.6) is 0 Å². The molecular formula is C86H156NO8P. The minimum atomic E-state index is -4.65. The van der Waals surface area contributed by atoms with Crippen LogP contribution in [0.4, 0.5) is 0 Å². The number of phosphoric acid groups is 1. The number of carbonyl (C=O) groups excluding carboxylic acids is 2. The molecule has 0 aromatic rings. The molecule has 0 aliphatic heterocycles. The van der Waals surface area contributed by atoms with Gasteiger partial charge < -0.3 is 27.9 Å². The normalized spacial score (nSPS) is 13.5. The van der Waals surface area contributed by atoms with Crippen LogP contribution >= 0.6 is 7.82 Å². The van der Waals surface area contributed by atoms with Crippen LogP contribution in [0, 0.1) is 0 Å². The Hall–Kier alpha value is -3.07. The number of hydrogen-bond donors (Lipinski definition) is 0. The zero-order valence-electron chi connectivity index (χ0n) is 63.8. The van der Waals surface area contributed by atoms with Gasteiger partial charge in [-0.25, -0.2) is 0 Å². The molecule has 0 aromatic heterocycles. The number of hydrogen-bond acceptors (Lipinski definition) is 8. The number of ether oxygens (including phenoxy) is 2. The van der Waals surface area contributed by atoms with Crippen molar-refractivity contribution in [3.8, 4) is 0 Å². The van der Waals surface area contributed by atoms with Gasteiger partial charge in [-0.05, 0) is 96.3 Å². The molecule has 0 radical (unpaired) electrons. The standard InChI is InChI=1S/C86H156NO8P/c1-6-8-10-12-14-16-18-20-22-24-26-28-30-32-34-36-38-40-41-42-43-44-45-47-48-50-52-54-56-58-60-62-64-66-68-70-72-74-76-78-85(88)92-82-84(83-94-96(90,91)93-81-80-87(3,4)5)95-86(89)79-77-75-73-71-69-67-65-63-61-59-57-55-53-51-49-46-39-37-35-33-31-29-27-25-23-21-19-17-15-13-11-9-7-2/h9,11,15,17-18,20-21,23-24,26-27,29-30,32-33,35,84H,6-8,10,12-14,16,19,22,25,28,31,34,36-83H2,1-5H3/b11-9-,17-15-,20-18-,23-21-,26-24-,29-27-,32-30-,35-33-. The van der Waals surface area contributed by atoms with Crippen molar-refractivity contribution in [3.63, 3.8) is 0 Å². The van der Waals surface area contributed by atoms with E-state index in [0.29, 0.717) is 17.4 Å². The van der Waals surface area contributed by atoms with Crippen LogP contribution in [0.15, 0.2) is 97.2 Å². The van der Waals surface area contributed by atoms with Gasteiger partial charge in [0.2, 0.25) is 0 Å². The van der Waals surface area contributed by atoms with Crippen molar-refractivity contribution in [3.05, 3.63) is 97.2 Å². The second-order valence-corrected chi connectivity index (χ2v) is 30.2. The molecule has 10 heteroatoms. The van der Waals surface area contributed by atoms with E-state index in [2.05, 4.69) is 111 Å². The molecule has 0 saturated heterocycles. The minimum Gasteiger partial charge on any atom is -0.756 e. The largest absolute Gasteiger partial charge is 0.756 e. The number of nitrogens with zero attached hydrogens (tertiary/aromatic N) is 1. The Kier molecular flexibility index (Phi) is 73.7. The van der Waals surface area contributed by atoms with Gasteiger partial charge in [0.15, 0.2) is 6.10 Å². The smallest absolute Gasteiger partial charge is 0.306 e. The van der Waals surface area contributed by atoms with Crippen LogP contribution in [0.2, 0.25) is 0 Å². The lowest BCUT2D eigenvalue weighted by molar-refractivity contribution is -0.870. The van der Waals surface area contributed by atoms with Crippen molar-refractivity contribution >= 4 is 19.8 Å². The Bertz CT molecular complexity index is 1940. The van der Waals surface area contributed by atoms with E-state index >= 15 is 0 Å². The van der Waals surface area contributed by atoms with Crippen molar-refractivity contribution in [2.24, 2.45) is 0 Å². The summed E-state index contributed by atoms with van der Waals surface area (Å²) in [7, 11) is 1.18. The summed E-state index contributed by atoms with van der Waals surface area (Å²) in [6.07, 6.45) is 107. The van der Waals surface area contributed by atoms with Gasteiger partial charge in [-0.15, -0.1) is 0 Å². The Morgan fingerprint density at radius 3 is 0.885 bits per heavy atom. The number of unbranched alkanes of at least 4 members (excludes halogenated alkanes) is 46. The fourth-order valence-electron chi connectivity index (χ4n) is 11.9. The molecule has 0 rings (SSSR count). The van der Waals surface area contributed by atoms with Crippen LogP contribution < -0.4 is 4.89 Å². The molecule has 0 N–H and O–H groups in total. The summed E-state index contributed by atoms with van der Waals surface area (Å²) in [5, 5.41) is 0. The highest BCUT2D eigenvalue weighted by atomic mass is 31.2. The molecule has 0 amide bonds. The predicted octanol–water partition coefficient (Wildman–Crippen LogP) is 26.8. The molecule has 0 heterocycles. The molecule has 9 nitrogen and oxygen atoms in total. The van der Waals surface area contributed by atoms with Crippen LogP contribution in [-0.4, -0.2) is 70.0 Å². The van der Waals surface area contributed by atoms with Gasteiger partial charge in [-0.3, -0.25) is 14.2 Å². The topological polar surface area (TPSA) is 111 Å². The quantitative estimate of drug-likeness (QED) is 0.0195. The van der Waals surface area contributed by atoms with Crippen LogP contribution in [-0.2, 0) is 32.7 Å². The summed E-state index contributed by atoms with van der Waals surface area (Å²) in [6, 6.07) is 0. The third-order valence-electron chi connectivity index (χ3n) is 18.1. The number of esters is 2. The van der Waals surface area contributed by atoms with Crippen molar-refractivity contribution in [1.29, 1.82) is 0 Å². The average molecular weight is 1360 g/mol. The summed E-state index contributed by atoms with van der Waals surface area (Å²) in [6.45, 7) is 4.17. The molecule has 0 bridgehead atoms. The number of likely N-dealkylation sites (N-methyl/N-ethyl adjacent to an activating group) is 1. The maximum atomic E-state index is 12.9. The molecule has 0 spiro atoms. The zero-order valence-corrected chi connectivity index (χ0v) is 64.7. The van der Waals surface area contributed by atoms with Gasteiger partial charge in [-0.1, -0.05) is 374 Å². The summed E-state index contributed by atoms with van der Waals surface area (Å²) >= 11 is 0. The Balaban J connectivity index is 3.92. The number of quaternary nitrogens is 1. The molecule has 0 fully saturated rings. The highest BCUT2D eigenvalue weighted by molar-refractivity contribution is 7.45. The van der Waals surface area contributed by atoms with E-state index in [1.807, 2.05) is 21.1 Å². The van der Waals surface area contributed by atoms with Crippen molar-refractivity contribution < 1.29 is 42.1 Å². The van der Waals surface area contributed by atoms with E-state index in [0.717, 1.165) is 83.5 Å². The van der Waals surface area contributed by atoms with Gasteiger partial charge >= 0.3 is 11.9 Å². The maximum absolute atomic E-state index is 12.9. The third kappa shape index (κ3) is 79.9. The van der Waals surface area contributed by atoms with E-state index in [9.17, 15) is 19.0 Å². The number of rotatable bonds is 76. The van der Waals surface area contributed by atoms with E-state index in [-0.39, 0.29) is 32.0 Å². The molecule has 0 saturated carbocycles. The molecule has 2 atom stereocenters. The molecule has 0 aromatic carbocycles. The summed E-state index contributed by atoms with van der Waals surface area (Å²) in [5.74, 6) is -0.816. The molecule has 96 heavy (non-hydrogen) atoms. The minimum absolute atomic E-state index is 0.0309. The van der Waals surface area contributed by atoms with Gasteiger partial charge in [0.05, 0.1) is 27.7 Å². The molecule has 558 valence electrons. The van der Waals surface area contributed by atoms with E-state index in [1.54, 1.807) is 0 Å². The molecule has 0 aliphatic rings. The first-order valence-corrected chi connectivity index (χ1v) is 42.4. The van der Waals surface area contributed by atoms with Crippen LogP contribution in [0.1, 0.15) is 386 Å². The lowest BCUT2D eigenvalue weighted by Crippen LogP contribution is -2.37. The summed E-state index contributed by atoms with van der Waals surface area (Å²) in [4.78, 5) is 38.2. The third-order valence-corrected chi connectivity index (χ3v) is 19.1. The van der Waals surface area contributed by atoms with Gasteiger partial charge in [0, 0.05) is 12.8 Å². The molecular weight excluding hydrogens is 1210 g/mol. The van der Waals surface area contributed by atoms with Crippen molar-refractivity contribution in [2.45, 2.75) is 392 Å². The van der Waals surface area contributed by atoms with E-state index in [1.165, 1.54) is 270 Å². The SMILES string of the molecule is CC/C=C\C/C=C\C/C=C\C/C=C\C/C=C\CCCCCCCCCCCCCCCCCCCC(=O)OC(COC(=O)CCCCCCCCCCCCCCCCCCCCCCCCCC/C=C\C/C=C\C/C=C\CCCCCCC)COP(=O)([O-])OCC[N+](C)(C)C. The second kappa shape index (κ2) is 76.1. The maximum Gasteiger partial charge on any atom is 0.306 e. The second-order valence-electron chi connectivity index (χ2n) is 28.8. The molecule has 0 aliphatic carbocycles. The van der Waals surface area contributed by atoms with Crippen LogP contribution in [0.25, 0.3) is 0 Å². The van der Waals surface area contributed by atoms with Gasteiger partial charge in [-0.2, -0.15) is 0 Å². The first-order valence-electron chi connectivity index (χ1n) is 40.9. The average Bonchev–Trinajstić information content (AvgIpc) is 1.48. The lowest BCUT2D eigenvalue weighted by atomic mass is 10.0. The highest BCUT2D eigenvalue weighted by Gasteiger charge is 2.22. The van der Waals surface area contributed by atoms with Gasteiger partial charge in [0.25, 0.3) is 7.82 Å². The summed E-state index contributed by atoms with van der Waals surface area (Å²) in [5.41, 5.74) is 0. The van der Waals surface area contributed by atoms with E-state index < -0.39 is 26.5 Å². The summed E-state index contributed by atoms with van der Waals surface area (Å²) < 4.78 is 34.4. The van der Waals surface area contributed by atoms with Gasteiger partial charge in [0.1, 0.15) is 19.8 Å². The number of phosphoric ester groups is 1. The monoisotopic (exact) mass is 1360 g/mol. The van der Waals surface area contributed by atoms with Crippen molar-refractivity contribution in [2.75, 3.05) is 47.5 Å². The van der Waals surface area contributed by atoms with E-state index in [4.69, 9.17) is 18.5 Å². The fourth-order valence-corrected chi connectivity index (χ4v) is 12.6. The Morgan fingerprint density at radius 2 is 0.594 bits per heavy atom. The molecule has 2 unspecified atom stereocenters. The lowest BCUT2D eigenvalue weighted by Gasteiger charge is -2.28. The fraction of sp³-hybridized carbons (Fsp3) is 0.791. The Labute approximate surface area is 595 Å². The highest BCUT2D eigenvalue weighted by Crippen LogP contribution is 2.38. The number of allylic oxidation sites excluding steroid dienone is 16. The van der Waals surface area contributed by atoms with Crippen molar-refractivity contribution in [1.82, 2.24) is 0 Å².